The Morgan fingerprint density at radius 3 is 2.29 bits per heavy atom. The first kappa shape index (κ1) is 11.7. The number of hydrogen-bond acceptors (Lipinski definition) is 3. The third kappa shape index (κ3) is 2.50. The second-order valence-electron chi connectivity index (χ2n) is 3.64. The van der Waals surface area contributed by atoms with E-state index in [1.807, 2.05) is 0 Å². The number of benzene rings is 1. The molecule has 1 aromatic heterocycles. The quantitative estimate of drug-likeness (QED) is 0.769. The molecule has 0 N–H and O–H groups in total. The van der Waals surface area contributed by atoms with Gasteiger partial charge >= 0.3 is 0 Å². The van der Waals surface area contributed by atoms with Crippen molar-refractivity contribution in [3.63, 3.8) is 0 Å². The van der Waals surface area contributed by atoms with Crippen LogP contribution in [-0.4, -0.2) is 19.7 Å². The van der Waals surface area contributed by atoms with Crippen molar-refractivity contribution < 1.29 is 12.8 Å². The zero-order valence-corrected chi connectivity index (χ0v) is 9.91. The van der Waals surface area contributed by atoms with Gasteiger partial charge in [0.25, 0.3) is 0 Å². The summed E-state index contributed by atoms with van der Waals surface area (Å²) in [5.41, 5.74) is 0.954. The van der Waals surface area contributed by atoms with E-state index < -0.39 is 15.8 Å². The second kappa shape index (κ2) is 4.25. The molecule has 0 bridgehead atoms. The topological polar surface area (TPSA) is 47.0 Å². The minimum Gasteiger partial charge on any atom is -0.228 e. The Kier molecular flexibility index (Phi) is 2.93. The second-order valence-corrected chi connectivity index (χ2v) is 5.65. The van der Waals surface area contributed by atoms with Crippen molar-refractivity contribution in [3.8, 4) is 11.1 Å². The van der Waals surface area contributed by atoms with Gasteiger partial charge in [0.1, 0.15) is 0 Å². The summed E-state index contributed by atoms with van der Waals surface area (Å²) in [6.07, 6.45) is 2.50. The first-order valence-electron chi connectivity index (χ1n) is 4.89. The molecule has 0 aliphatic rings. The van der Waals surface area contributed by atoms with Crippen LogP contribution in [0, 0.1) is 5.95 Å². The largest absolute Gasteiger partial charge is 0.228 e. The molecule has 0 saturated carbocycles. The summed E-state index contributed by atoms with van der Waals surface area (Å²) in [7, 11) is -3.22. The Labute approximate surface area is 98.9 Å². The van der Waals surface area contributed by atoms with Gasteiger partial charge in [-0.25, -0.2) is 13.4 Å². The van der Waals surface area contributed by atoms with E-state index in [-0.39, 0.29) is 4.90 Å². The predicted molar refractivity (Wildman–Crippen MR) is 62.7 cm³/mol. The molecule has 1 aromatic carbocycles. The lowest BCUT2D eigenvalue weighted by atomic mass is 10.1. The minimum atomic E-state index is -3.22. The molecule has 2 rings (SSSR count). The maximum absolute atomic E-state index is 13.4. The van der Waals surface area contributed by atoms with Crippen molar-refractivity contribution >= 4 is 9.84 Å². The summed E-state index contributed by atoms with van der Waals surface area (Å²) in [5.74, 6) is -0.570. The molecule has 3 nitrogen and oxygen atoms in total. The van der Waals surface area contributed by atoms with Crippen LogP contribution in [0.25, 0.3) is 11.1 Å². The number of sulfone groups is 1. The van der Waals surface area contributed by atoms with Crippen molar-refractivity contribution in [1.82, 2.24) is 4.98 Å². The van der Waals surface area contributed by atoms with E-state index in [1.54, 1.807) is 24.3 Å². The third-order valence-corrected chi connectivity index (χ3v) is 3.48. The zero-order chi connectivity index (χ0) is 12.5. The molecular formula is C12H10FNO2S. The molecule has 0 fully saturated rings. The van der Waals surface area contributed by atoms with Gasteiger partial charge in [-0.1, -0.05) is 12.1 Å². The maximum Gasteiger partial charge on any atom is 0.220 e. The van der Waals surface area contributed by atoms with Crippen LogP contribution in [0.5, 0.6) is 0 Å². The number of nitrogens with zero attached hydrogens (tertiary/aromatic N) is 1. The Balaban J connectivity index is 2.47. The highest BCUT2D eigenvalue weighted by Crippen LogP contribution is 2.22. The van der Waals surface area contributed by atoms with Gasteiger partial charge in [0.05, 0.1) is 4.90 Å². The SMILES string of the molecule is CS(=O)(=O)c1ccc(-c2cccnc2F)cc1. The molecule has 0 aliphatic heterocycles. The van der Waals surface area contributed by atoms with Gasteiger partial charge in [-0.2, -0.15) is 4.39 Å². The van der Waals surface area contributed by atoms with E-state index in [4.69, 9.17) is 0 Å². The highest BCUT2D eigenvalue weighted by molar-refractivity contribution is 7.90. The highest BCUT2D eigenvalue weighted by atomic mass is 32.2. The van der Waals surface area contributed by atoms with Gasteiger partial charge in [-0.05, 0) is 29.8 Å². The van der Waals surface area contributed by atoms with Gasteiger partial charge in [-0.15, -0.1) is 0 Å². The molecular weight excluding hydrogens is 241 g/mol. The number of rotatable bonds is 2. The van der Waals surface area contributed by atoms with Gasteiger partial charge in [0.15, 0.2) is 9.84 Å². The lowest BCUT2D eigenvalue weighted by molar-refractivity contribution is 0.587. The first-order chi connectivity index (χ1) is 7.98. The molecule has 0 aliphatic carbocycles. The number of pyridine rings is 1. The standard InChI is InChI=1S/C12H10FNO2S/c1-17(15,16)10-6-4-9(5-7-10)11-3-2-8-14-12(11)13/h2-8H,1H3. The van der Waals surface area contributed by atoms with Crippen LogP contribution >= 0.6 is 0 Å². The molecule has 88 valence electrons. The lowest BCUT2D eigenvalue weighted by Crippen LogP contribution is -1.96. The molecule has 1 heterocycles. The monoisotopic (exact) mass is 251 g/mol. The molecule has 0 spiro atoms. The maximum atomic E-state index is 13.4. The van der Waals surface area contributed by atoms with Gasteiger partial charge in [0, 0.05) is 18.0 Å². The molecule has 17 heavy (non-hydrogen) atoms. The number of aromatic nitrogens is 1. The number of halogens is 1. The average molecular weight is 251 g/mol. The predicted octanol–water partition coefficient (Wildman–Crippen LogP) is 2.29. The van der Waals surface area contributed by atoms with Gasteiger partial charge in [-0.3, -0.25) is 0 Å². The Morgan fingerprint density at radius 2 is 1.76 bits per heavy atom. The first-order valence-corrected chi connectivity index (χ1v) is 6.78. The minimum absolute atomic E-state index is 0.213. The summed E-state index contributed by atoms with van der Waals surface area (Å²) in [4.78, 5) is 3.76. The van der Waals surface area contributed by atoms with E-state index in [0.29, 0.717) is 11.1 Å². The van der Waals surface area contributed by atoms with E-state index in [9.17, 15) is 12.8 Å². The van der Waals surface area contributed by atoms with E-state index in [1.165, 1.54) is 18.3 Å². The van der Waals surface area contributed by atoms with E-state index >= 15 is 0 Å². The van der Waals surface area contributed by atoms with E-state index in [0.717, 1.165) is 6.26 Å². The van der Waals surface area contributed by atoms with Crippen LogP contribution in [0.3, 0.4) is 0 Å². The van der Waals surface area contributed by atoms with Crippen LogP contribution < -0.4 is 0 Å². The average Bonchev–Trinajstić information content (AvgIpc) is 2.29. The van der Waals surface area contributed by atoms with Crippen molar-refractivity contribution in [2.45, 2.75) is 4.90 Å². The van der Waals surface area contributed by atoms with Crippen LogP contribution in [0.15, 0.2) is 47.5 Å². The molecule has 0 saturated heterocycles. The number of hydrogen-bond donors (Lipinski definition) is 0. The van der Waals surface area contributed by atoms with Crippen LogP contribution in [0.1, 0.15) is 0 Å². The van der Waals surface area contributed by atoms with Crippen molar-refractivity contribution in [1.29, 1.82) is 0 Å². The fourth-order valence-electron chi connectivity index (χ4n) is 1.48. The lowest BCUT2D eigenvalue weighted by Gasteiger charge is -2.03. The highest BCUT2D eigenvalue weighted by Gasteiger charge is 2.09. The molecule has 5 heteroatoms. The fourth-order valence-corrected chi connectivity index (χ4v) is 2.11. The van der Waals surface area contributed by atoms with E-state index in [2.05, 4.69) is 4.98 Å². The molecule has 0 radical (unpaired) electrons. The molecule has 0 unspecified atom stereocenters. The Morgan fingerprint density at radius 1 is 1.12 bits per heavy atom. The van der Waals surface area contributed by atoms with Crippen LogP contribution in [0.2, 0.25) is 0 Å². The van der Waals surface area contributed by atoms with Crippen LogP contribution in [-0.2, 0) is 9.84 Å². The smallest absolute Gasteiger partial charge is 0.220 e. The van der Waals surface area contributed by atoms with Crippen molar-refractivity contribution in [2.75, 3.05) is 6.26 Å². The third-order valence-electron chi connectivity index (χ3n) is 2.35. The summed E-state index contributed by atoms with van der Waals surface area (Å²) < 4.78 is 35.9. The van der Waals surface area contributed by atoms with Crippen molar-refractivity contribution in [3.05, 3.63) is 48.5 Å². The van der Waals surface area contributed by atoms with Gasteiger partial charge < -0.3 is 0 Å². The van der Waals surface area contributed by atoms with Crippen LogP contribution in [0.4, 0.5) is 4.39 Å². The summed E-state index contributed by atoms with van der Waals surface area (Å²) in [5, 5.41) is 0. The molecule has 2 aromatic rings. The van der Waals surface area contributed by atoms with Crippen molar-refractivity contribution in [2.24, 2.45) is 0 Å². The molecule has 0 amide bonds. The fraction of sp³-hybridized carbons (Fsp3) is 0.0833. The van der Waals surface area contributed by atoms with Gasteiger partial charge in [0.2, 0.25) is 5.95 Å². The zero-order valence-electron chi connectivity index (χ0n) is 9.09. The summed E-state index contributed by atoms with van der Waals surface area (Å²) in [6, 6.07) is 9.27. The summed E-state index contributed by atoms with van der Waals surface area (Å²) >= 11 is 0. The summed E-state index contributed by atoms with van der Waals surface area (Å²) in [6.45, 7) is 0. The Bertz CT molecular complexity index is 636. The normalized spacial score (nSPS) is 11.4. The Hall–Kier alpha value is -1.75. The molecule has 0 atom stereocenters.